The fourth-order valence-electron chi connectivity index (χ4n) is 0.665. The molecule has 1 N–H and O–H groups in total. The van der Waals surface area contributed by atoms with E-state index in [-0.39, 0.29) is 5.92 Å². The first kappa shape index (κ1) is 11.6. The topological polar surface area (TPSA) is 46.5 Å². The Balaban J connectivity index is 3.51. The van der Waals surface area contributed by atoms with Gasteiger partial charge in [0, 0.05) is 6.61 Å². The zero-order chi connectivity index (χ0) is 9.78. The van der Waals surface area contributed by atoms with Crippen LogP contribution < -0.4 is 0 Å². The summed E-state index contributed by atoms with van der Waals surface area (Å²) in [6, 6.07) is 0. The Morgan fingerprint density at radius 2 is 2.00 bits per heavy atom. The molecule has 0 saturated heterocycles. The van der Waals surface area contributed by atoms with Gasteiger partial charge in [-0.15, -0.1) is 0 Å². The van der Waals surface area contributed by atoms with Gasteiger partial charge in [0.25, 0.3) is 0 Å². The monoisotopic (exact) mass is 190 g/mol. The van der Waals surface area contributed by atoms with Gasteiger partial charge in [-0.2, -0.15) is 0 Å². The lowest BCUT2D eigenvalue weighted by molar-refractivity contribution is -0.141. The molecular formula is C8H18O3Si. The first-order valence-electron chi connectivity index (χ1n) is 4.19. The van der Waals surface area contributed by atoms with Crippen molar-refractivity contribution in [1.29, 1.82) is 0 Å². The van der Waals surface area contributed by atoms with Gasteiger partial charge in [0.05, 0.1) is 5.92 Å². The summed E-state index contributed by atoms with van der Waals surface area (Å²) in [6.45, 7) is 8.56. The van der Waals surface area contributed by atoms with E-state index in [1.54, 1.807) is 6.92 Å². The lowest BCUT2D eigenvalue weighted by Crippen LogP contribution is -2.27. The van der Waals surface area contributed by atoms with Crippen molar-refractivity contribution >= 4 is 14.3 Å². The molecule has 0 heterocycles. The molecule has 0 aromatic heterocycles. The molecule has 0 spiro atoms. The molecule has 0 aliphatic carbocycles. The second-order valence-electron chi connectivity index (χ2n) is 3.99. The van der Waals surface area contributed by atoms with E-state index >= 15 is 0 Å². The minimum absolute atomic E-state index is 0.290. The van der Waals surface area contributed by atoms with E-state index in [1.165, 1.54) is 0 Å². The lowest BCUT2D eigenvalue weighted by atomic mass is 10.1. The van der Waals surface area contributed by atoms with E-state index in [9.17, 15) is 4.79 Å². The number of carboxylic acid groups (broad SMARTS) is 1. The van der Waals surface area contributed by atoms with Gasteiger partial charge in [-0.3, -0.25) is 4.79 Å². The van der Waals surface area contributed by atoms with Crippen molar-refractivity contribution in [2.75, 3.05) is 6.61 Å². The van der Waals surface area contributed by atoms with Crippen molar-refractivity contribution in [2.24, 2.45) is 5.92 Å². The fraction of sp³-hybridized carbons (Fsp3) is 0.875. The molecule has 4 heteroatoms. The van der Waals surface area contributed by atoms with Gasteiger partial charge in [0.15, 0.2) is 8.32 Å². The predicted molar refractivity (Wildman–Crippen MR) is 50.7 cm³/mol. The van der Waals surface area contributed by atoms with E-state index in [0.29, 0.717) is 13.0 Å². The Morgan fingerprint density at radius 1 is 1.50 bits per heavy atom. The largest absolute Gasteiger partial charge is 0.481 e. The van der Waals surface area contributed by atoms with Crippen LogP contribution in [0.15, 0.2) is 0 Å². The Bertz CT molecular complexity index is 151. The van der Waals surface area contributed by atoms with Crippen molar-refractivity contribution < 1.29 is 14.3 Å². The molecule has 0 aromatic carbocycles. The van der Waals surface area contributed by atoms with Crippen LogP contribution in [0, 0.1) is 5.92 Å². The Hall–Kier alpha value is -0.353. The van der Waals surface area contributed by atoms with Crippen molar-refractivity contribution in [3.63, 3.8) is 0 Å². The predicted octanol–water partition coefficient (Wildman–Crippen LogP) is 1.95. The van der Waals surface area contributed by atoms with Crippen LogP contribution in [0.5, 0.6) is 0 Å². The van der Waals surface area contributed by atoms with Crippen LogP contribution in [0.25, 0.3) is 0 Å². The lowest BCUT2D eigenvalue weighted by Gasteiger charge is -2.17. The van der Waals surface area contributed by atoms with Gasteiger partial charge in [-0.1, -0.05) is 6.92 Å². The van der Waals surface area contributed by atoms with Crippen molar-refractivity contribution in [3.8, 4) is 0 Å². The summed E-state index contributed by atoms with van der Waals surface area (Å²) < 4.78 is 5.53. The molecule has 0 aromatic rings. The minimum atomic E-state index is -1.45. The number of hydrogen-bond acceptors (Lipinski definition) is 2. The number of carboxylic acids is 1. The SMILES string of the molecule is CC(CCO[Si](C)(C)C)C(=O)O. The van der Waals surface area contributed by atoms with Crippen molar-refractivity contribution in [1.82, 2.24) is 0 Å². The second kappa shape index (κ2) is 4.62. The second-order valence-corrected chi connectivity index (χ2v) is 8.50. The molecule has 72 valence electrons. The molecule has 1 atom stereocenters. The molecule has 0 radical (unpaired) electrons. The smallest absolute Gasteiger partial charge is 0.306 e. The Labute approximate surface area is 74.9 Å². The summed E-state index contributed by atoms with van der Waals surface area (Å²) in [4.78, 5) is 10.4. The Morgan fingerprint density at radius 3 is 2.33 bits per heavy atom. The molecule has 0 saturated carbocycles. The molecule has 0 amide bonds. The summed E-state index contributed by atoms with van der Waals surface area (Å²) in [5.41, 5.74) is 0. The van der Waals surface area contributed by atoms with Gasteiger partial charge < -0.3 is 9.53 Å². The van der Waals surface area contributed by atoms with Gasteiger partial charge in [0.2, 0.25) is 0 Å². The molecule has 0 bridgehead atoms. The van der Waals surface area contributed by atoms with Crippen LogP contribution >= 0.6 is 0 Å². The molecule has 0 fully saturated rings. The maximum Gasteiger partial charge on any atom is 0.306 e. The fourth-order valence-corrected chi connectivity index (χ4v) is 1.40. The highest BCUT2D eigenvalue weighted by molar-refractivity contribution is 6.69. The van der Waals surface area contributed by atoms with Gasteiger partial charge in [0.1, 0.15) is 0 Å². The third-order valence-electron chi connectivity index (χ3n) is 1.51. The normalized spacial score (nSPS) is 14.3. The molecule has 12 heavy (non-hydrogen) atoms. The number of carbonyl (C=O) groups is 1. The molecule has 0 aliphatic rings. The summed E-state index contributed by atoms with van der Waals surface area (Å²) in [5.74, 6) is -1.03. The van der Waals surface area contributed by atoms with Crippen LogP contribution in [-0.4, -0.2) is 26.0 Å². The Kier molecular flexibility index (Phi) is 4.48. The van der Waals surface area contributed by atoms with Crippen molar-refractivity contribution in [3.05, 3.63) is 0 Å². The maximum absolute atomic E-state index is 10.4. The highest BCUT2D eigenvalue weighted by Gasteiger charge is 2.16. The number of rotatable bonds is 5. The van der Waals surface area contributed by atoms with E-state index in [2.05, 4.69) is 19.6 Å². The zero-order valence-electron chi connectivity index (χ0n) is 8.26. The number of hydrogen-bond donors (Lipinski definition) is 1. The highest BCUT2D eigenvalue weighted by Crippen LogP contribution is 2.07. The molecular weight excluding hydrogens is 172 g/mol. The number of aliphatic carboxylic acids is 1. The first-order chi connectivity index (χ1) is 5.33. The third kappa shape index (κ3) is 6.36. The summed E-state index contributed by atoms with van der Waals surface area (Å²) in [5, 5.41) is 8.57. The zero-order valence-corrected chi connectivity index (χ0v) is 9.26. The average molecular weight is 190 g/mol. The average Bonchev–Trinajstić information content (AvgIpc) is 1.84. The van der Waals surface area contributed by atoms with Gasteiger partial charge in [-0.05, 0) is 26.1 Å². The van der Waals surface area contributed by atoms with E-state index in [0.717, 1.165) is 0 Å². The van der Waals surface area contributed by atoms with Gasteiger partial charge in [-0.25, -0.2) is 0 Å². The van der Waals surface area contributed by atoms with E-state index in [1.807, 2.05) is 0 Å². The first-order valence-corrected chi connectivity index (χ1v) is 7.60. The van der Waals surface area contributed by atoms with Crippen molar-refractivity contribution in [2.45, 2.75) is 33.0 Å². The maximum atomic E-state index is 10.4. The van der Waals surface area contributed by atoms with Crippen LogP contribution in [0.1, 0.15) is 13.3 Å². The standard InChI is InChI=1S/C8H18O3Si/c1-7(8(9)10)5-6-11-12(2,3)4/h7H,5-6H2,1-4H3,(H,9,10). The van der Waals surface area contributed by atoms with Crippen LogP contribution in [-0.2, 0) is 9.22 Å². The minimum Gasteiger partial charge on any atom is -0.481 e. The molecule has 0 aliphatic heterocycles. The molecule has 1 unspecified atom stereocenters. The summed E-state index contributed by atoms with van der Waals surface area (Å²) in [7, 11) is -1.45. The molecule has 0 rings (SSSR count). The van der Waals surface area contributed by atoms with Gasteiger partial charge >= 0.3 is 5.97 Å². The van der Waals surface area contributed by atoms with E-state index < -0.39 is 14.3 Å². The third-order valence-corrected chi connectivity index (χ3v) is 2.58. The quantitative estimate of drug-likeness (QED) is 0.674. The van der Waals surface area contributed by atoms with Crippen LogP contribution in [0.2, 0.25) is 19.6 Å². The van der Waals surface area contributed by atoms with E-state index in [4.69, 9.17) is 9.53 Å². The summed E-state index contributed by atoms with van der Waals surface area (Å²) >= 11 is 0. The summed E-state index contributed by atoms with van der Waals surface area (Å²) in [6.07, 6.45) is 0.611. The molecule has 3 nitrogen and oxygen atoms in total. The van der Waals surface area contributed by atoms with Crippen LogP contribution in [0.4, 0.5) is 0 Å². The highest BCUT2D eigenvalue weighted by atomic mass is 28.4. The van der Waals surface area contributed by atoms with Crippen LogP contribution in [0.3, 0.4) is 0 Å².